The molecule has 4 N–H and O–H groups in total. The van der Waals surface area contributed by atoms with E-state index in [-0.39, 0.29) is 23.5 Å². The molecule has 0 amide bonds. The lowest BCUT2D eigenvalue weighted by atomic mass is 10.0. The van der Waals surface area contributed by atoms with Crippen LogP contribution in [0.5, 0.6) is 0 Å². The third-order valence-corrected chi connectivity index (χ3v) is 5.85. The summed E-state index contributed by atoms with van der Waals surface area (Å²) >= 11 is 0. The van der Waals surface area contributed by atoms with E-state index in [1.54, 1.807) is 12.1 Å². The van der Waals surface area contributed by atoms with Crippen LogP contribution in [0.1, 0.15) is 19.3 Å². The zero-order chi connectivity index (χ0) is 15.6. The maximum atomic E-state index is 12.1. The lowest BCUT2D eigenvalue weighted by molar-refractivity contribution is 0.222. The van der Waals surface area contributed by atoms with Gasteiger partial charge >= 0.3 is 0 Å². The summed E-state index contributed by atoms with van der Waals surface area (Å²) in [6.45, 7) is 0.157. The summed E-state index contributed by atoms with van der Waals surface area (Å²) in [7, 11) is -0.497. The summed E-state index contributed by atoms with van der Waals surface area (Å²) in [4.78, 5) is 0.181. The molecule has 2 atom stereocenters. The number of hydrogen-bond donors (Lipinski definition) is 3. The quantitative estimate of drug-likeness (QED) is 0.707. The Bertz CT molecular complexity index is 601. The predicted octanol–water partition coefficient (Wildman–Crippen LogP) is 1.09. The smallest absolute Gasteiger partial charge is 0.242 e. The van der Waals surface area contributed by atoms with E-state index in [0.717, 1.165) is 29.3 Å². The van der Waals surface area contributed by atoms with Crippen molar-refractivity contribution in [1.82, 2.24) is 4.31 Å². The van der Waals surface area contributed by atoms with Crippen LogP contribution in [0, 0.1) is 5.92 Å². The number of nitrogens with zero attached hydrogens (tertiary/aromatic N) is 1. The highest BCUT2D eigenvalue weighted by molar-refractivity contribution is 7.89. The van der Waals surface area contributed by atoms with Gasteiger partial charge in [-0.1, -0.05) is 6.42 Å². The highest BCUT2D eigenvalue weighted by Gasteiger charge is 2.27. The van der Waals surface area contributed by atoms with Crippen molar-refractivity contribution in [3.8, 4) is 0 Å². The number of hydrogen-bond acceptors (Lipinski definition) is 5. The Kier molecular flexibility index (Phi) is 4.75. The van der Waals surface area contributed by atoms with Gasteiger partial charge in [-0.2, -0.15) is 0 Å². The van der Waals surface area contributed by atoms with Crippen LogP contribution in [0.25, 0.3) is 0 Å². The van der Waals surface area contributed by atoms with E-state index >= 15 is 0 Å². The zero-order valence-electron chi connectivity index (χ0n) is 12.4. The second kappa shape index (κ2) is 6.21. The minimum atomic E-state index is -3.47. The van der Waals surface area contributed by atoms with E-state index in [9.17, 15) is 13.5 Å². The molecule has 0 spiro atoms. The van der Waals surface area contributed by atoms with Crippen LogP contribution in [0.4, 0.5) is 11.4 Å². The molecule has 0 bridgehead atoms. The lowest BCUT2D eigenvalue weighted by Crippen LogP contribution is -2.27. The molecule has 118 valence electrons. The van der Waals surface area contributed by atoms with E-state index in [2.05, 4.69) is 5.32 Å². The van der Waals surface area contributed by atoms with Crippen molar-refractivity contribution in [3.05, 3.63) is 18.2 Å². The largest absolute Gasteiger partial charge is 0.397 e. The normalized spacial score (nSPS) is 22.7. The van der Waals surface area contributed by atoms with Gasteiger partial charge in [0, 0.05) is 32.7 Å². The van der Waals surface area contributed by atoms with Gasteiger partial charge in [-0.25, -0.2) is 12.7 Å². The fraction of sp³-hybridized carbons (Fsp3) is 0.571. The van der Waals surface area contributed by atoms with Crippen molar-refractivity contribution >= 4 is 21.4 Å². The van der Waals surface area contributed by atoms with Gasteiger partial charge in [0.1, 0.15) is 0 Å². The summed E-state index contributed by atoms with van der Waals surface area (Å²) < 4.78 is 25.3. The van der Waals surface area contributed by atoms with Crippen molar-refractivity contribution in [1.29, 1.82) is 0 Å². The van der Waals surface area contributed by atoms with Crippen molar-refractivity contribution in [2.75, 3.05) is 31.8 Å². The number of nitrogens with one attached hydrogen (secondary N) is 1. The van der Waals surface area contributed by atoms with Gasteiger partial charge in [-0.05, 0) is 31.0 Å². The maximum Gasteiger partial charge on any atom is 0.242 e. The molecule has 0 heterocycles. The first-order valence-corrected chi connectivity index (χ1v) is 8.49. The summed E-state index contributed by atoms with van der Waals surface area (Å²) in [5.74, 6) is 0.231. The third kappa shape index (κ3) is 3.30. The Morgan fingerprint density at radius 1 is 1.38 bits per heavy atom. The highest BCUT2D eigenvalue weighted by Crippen LogP contribution is 2.31. The molecule has 7 heteroatoms. The first kappa shape index (κ1) is 16.1. The molecule has 1 aromatic rings. The molecule has 1 fully saturated rings. The van der Waals surface area contributed by atoms with Crippen LogP contribution in [-0.4, -0.2) is 44.6 Å². The molecule has 1 saturated carbocycles. The fourth-order valence-corrected chi connectivity index (χ4v) is 3.63. The van der Waals surface area contributed by atoms with E-state index in [1.807, 2.05) is 0 Å². The van der Waals surface area contributed by atoms with Gasteiger partial charge in [0.05, 0.1) is 16.3 Å². The average molecular weight is 313 g/mol. The molecular weight excluding hydrogens is 290 g/mol. The molecule has 0 radical (unpaired) electrons. The van der Waals surface area contributed by atoms with E-state index in [0.29, 0.717) is 5.69 Å². The number of aliphatic hydroxyl groups is 1. The van der Waals surface area contributed by atoms with Gasteiger partial charge in [-0.3, -0.25) is 0 Å². The van der Waals surface area contributed by atoms with E-state index in [1.165, 1.54) is 20.2 Å². The van der Waals surface area contributed by atoms with Crippen molar-refractivity contribution < 1.29 is 13.5 Å². The maximum absolute atomic E-state index is 12.1. The second-order valence-corrected chi connectivity index (χ2v) is 7.81. The molecule has 0 aliphatic heterocycles. The Morgan fingerprint density at radius 3 is 2.67 bits per heavy atom. The summed E-state index contributed by atoms with van der Waals surface area (Å²) in [5, 5.41) is 12.7. The molecule has 0 aromatic heterocycles. The van der Waals surface area contributed by atoms with Crippen LogP contribution >= 0.6 is 0 Å². The minimum absolute atomic E-state index is 0.157. The molecular formula is C14H23N3O3S. The fourth-order valence-electron chi connectivity index (χ4n) is 2.69. The van der Waals surface area contributed by atoms with Crippen LogP contribution < -0.4 is 11.1 Å². The number of rotatable bonds is 5. The summed E-state index contributed by atoms with van der Waals surface area (Å²) in [5.41, 5.74) is 7.10. The van der Waals surface area contributed by atoms with Gasteiger partial charge in [0.25, 0.3) is 0 Å². The first-order valence-electron chi connectivity index (χ1n) is 7.05. The molecule has 2 rings (SSSR count). The summed E-state index contributed by atoms with van der Waals surface area (Å²) in [6, 6.07) is 4.91. The van der Waals surface area contributed by atoms with Crippen molar-refractivity contribution in [3.63, 3.8) is 0 Å². The number of nitrogen functional groups attached to an aromatic ring is 1. The molecule has 2 unspecified atom stereocenters. The zero-order valence-corrected chi connectivity index (χ0v) is 13.2. The number of aliphatic hydroxyl groups excluding tert-OH is 1. The van der Waals surface area contributed by atoms with Gasteiger partial charge in [-0.15, -0.1) is 0 Å². The predicted molar refractivity (Wildman–Crippen MR) is 83.6 cm³/mol. The van der Waals surface area contributed by atoms with Gasteiger partial charge < -0.3 is 16.2 Å². The molecule has 21 heavy (non-hydrogen) atoms. The van der Waals surface area contributed by atoms with Crippen LogP contribution in [0.2, 0.25) is 0 Å². The second-order valence-electron chi connectivity index (χ2n) is 5.66. The Balaban J connectivity index is 2.20. The standard InChI is InChI=1S/C14H23N3O3S/c1-17(2)21(19,20)11-6-7-14(12(15)8-11)16-13-5-3-4-10(13)9-18/h6-8,10,13,16,18H,3-5,9,15H2,1-2H3. The van der Waals surface area contributed by atoms with E-state index < -0.39 is 10.0 Å². The highest BCUT2D eigenvalue weighted by atomic mass is 32.2. The number of nitrogens with two attached hydrogens (primary N) is 1. The lowest BCUT2D eigenvalue weighted by Gasteiger charge is -2.22. The summed E-state index contributed by atoms with van der Waals surface area (Å²) in [6.07, 6.45) is 3.07. The van der Waals surface area contributed by atoms with Gasteiger partial charge in [0.15, 0.2) is 0 Å². The Hall–Kier alpha value is -1.31. The molecule has 1 aromatic carbocycles. The van der Waals surface area contributed by atoms with Crippen LogP contribution in [0.3, 0.4) is 0 Å². The van der Waals surface area contributed by atoms with Gasteiger partial charge in [0.2, 0.25) is 10.0 Å². The molecule has 0 saturated heterocycles. The monoisotopic (exact) mass is 313 g/mol. The van der Waals surface area contributed by atoms with Crippen molar-refractivity contribution in [2.45, 2.75) is 30.2 Å². The average Bonchev–Trinajstić information content (AvgIpc) is 2.88. The number of anilines is 2. The topological polar surface area (TPSA) is 95.7 Å². The Morgan fingerprint density at radius 2 is 2.10 bits per heavy atom. The van der Waals surface area contributed by atoms with Crippen LogP contribution in [-0.2, 0) is 10.0 Å². The molecule has 1 aliphatic rings. The van der Waals surface area contributed by atoms with E-state index in [4.69, 9.17) is 5.73 Å². The SMILES string of the molecule is CN(C)S(=O)(=O)c1ccc(NC2CCCC2CO)c(N)c1. The minimum Gasteiger partial charge on any atom is -0.397 e. The molecule has 6 nitrogen and oxygen atoms in total. The Labute approximate surface area is 126 Å². The van der Waals surface area contributed by atoms with Crippen LogP contribution in [0.15, 0.2) is 23.1 Å². The van der Waals surface area contributed by atoms with Crippen molar-refractivity contribution in [2.24, 2.45) is 5.92 Å². The first-order chi connectivity index (χ1) is 9.86. The number of sulfonamides is 1. The third-order valence-electron chi connectivity index (χ3n) is 4.04. The molecule has 1 aliphatic carbocycles. The number of benzene rings is 1.